The monoisotopic (exact) mass is 200 g/mol. The van der Waals surface area contributed by atoms with Crippen molar-refractivity contribution in [1.29, 1.82) is 0 Å². The Labute approximate surface area is 82.9 Å². The standard InChI is InChI=1S/C9H16N2OS/c1-3-7-4-5-13-9(7)8(11-10)6-12-2/h4-5,8,11H,3,6,10H2,1-2H3. The lowest BCUT2D eigenvalue weighted by Gasteiger charge is -2.14. The van der Waals surface area contributed by atoms with Gasteiger partial charge in [0.2, 0.25) is 0 Å². The van der Waals surface area contributed by atoms with E-state index in [2.05, 4.69) is 23.8 Å². The number of aryl methyl sites for hydroxylation is 1. The minimum absolute atomic E-state index is 0.125. The van der Waals surface area contributed by atoms with Crippen LogP contribution in [0.15, 0.2) is 11.4 Å². The number of methoxy groups -OCH3 is 1. The molecule has 3 nitrogen and oxygen atoms in total. The molecule has 1 aromatic rings. The molecule has 1 unspecified atom stereocenters. The Morgan fingerprint density at radius 2 is 2.46 bits per heavy atom. The first kappa shape index (κ1) is 10.7. The molecule has 0 fully saturated rings. The first-order chi connectivity index (χ1) is 6.33. The Hall–Kier alpha value is -0.420. The lowest BCUT2D eigenvalue weighted by molar-refractivity contribution is 0.168. The molecule has 1 aromatic heterocycles. The van der Waals surface area contributed by atoms with Crippen molar-refractivity contribution in [3.05, 3.63) is 21.9 Å². The SMILES string of the molecule is CCc1ccsc1C(COC)NN. The molecule has 3 N–H and O–H groups in total. The second-order valence-corrected chi connectivity index (χ2v) is 3.79. The quantitative estimate of drug-likeness (QED) is 0.559. The summed E-state index contributed by atoms with van der Waals surface area (Å²) in [5, 5.41) is 2.09. The van der Waals surface area contributed by atoms with Crippen LogP contribution in [0.2, 0.25) is 0 Å². The second-order valence-electron chi connectivity index (χ2n) is 2.84. The fraction of sp³-hybridized carbons (Fsp3) is 0.556. The molecule has 0 amide bonds. The van der Waals surface area contributed by atoms with Crippen LogP contribution in [0.5, 0.6) is 0 Å². The number of hydrazine groups is 1. The molecule has 0 spiro atoms. The predicted octanol–water partition coefficient (Wildman–Crippen LogP) is 1.46. The van der Waals surface area contributed by atoms with Crippen molar-refractivity contribution in [1.82, 2.24) is 5.43 Å². The minimum Gasteiger partial charge on any atom is -0.383 e. The summed E-state index contributed by atoms with van der Waals surface area (Å²) in [5.41, 5.74) is 4.12. The molecule has 0 bridgehead atoms. The Morgan fingerprint density at radius 3 is 3.00 bits per heavy atom. The summed E-state index contributed by atoms with van der Waals surface area (Å²) in [7, 11) is 1.68. The number of ether oxygens (including phenoxy) is 1. The van der Waals surface area contributed by atoms with Crippen LogP contribution in [0.1, 0.15) is 23.4 Å². The van der Waals surface area contributed by atoms with Gasteiger partial charge in [-0.15, -0.1) is 11.3 Å². The third kappa shape index (κ3) is 2.51. The van der Waals surface area contributed by atoms with Crippen molar-refractivity contribution in [2.75, 3.05) is 13.7 Å². The minimum atomic E-state index is 0.125. The summed E-state index contributed by atoms with van der Waals surface area (Å²) in [6, 6.07) is 2.26. The van der Waals surface area contributed by atoms with E-state index in [4.69, 9.17) is 10.6 Å². The number of hydrogen-bond acceptors (Lipinski definition) is 4. The van der Waals surface area contributed by atoms with Crippen LogP contribution < -0.4 is 11.3 Å². The number of nitrogens with two attached hydrogens (primary N) is 1. The summed E-state index contributed by atoms with van der Waals surface area (Å²) < 4.78 is 5.08. The summed E-state index contributed by atoms with van der Waals surface area (Å²) >= 11 is 1.72. The van der Waals surface area contributed by atoms with Crippen molar-refractivity contribution in [3.8, 4) is 0 Å². The molecule has 0 saturated carbocycles. The molecule has 4 heteroatoms. The van der Waals surface area contributed by atoms with E-state index in [1.165, 1.54) is 10.4 Å². The predicted molar refractivity (Wildman–Crippen MR) is 55.6 cm³/mol. The van der Waals surface area contributed by atoms with Gasteiger partial charge >= 0.3 is 0 Å². The van der Waals surface area contributed by atoms with E-state index >= 15 is 0 Å². The third-order valence-corrected chi connectivity index (χ3v) is 3.09. The molecule has 0 aromatic carbocycles. The highest BCUT2D eigenvalue weighted by Crippen LogP contribution is 2.24. The average Bonchev–Trinajstić information content (AvgIpc) is 2.61. The van der Waals surface area contributed by atoms with Gasteiger partial charge in [-0.1, -0.05) is 6.92 Å². The number of thiophene rings is 1. The summed E-state index contributed by atoms with van der Waals surface area (Å²) in [6.45, 7) is 2.76. The van der Waals surface area contributed by atoms with Crippen molar-refractivity contribution >= 4 is 11.3 Å². The first-order valence-corrected chi connectivity index (χ1v) is 5.22. The molecule has 0 aliphatic rings. The Morgan fingerprint density at radius 1 is 1.69 bits per heavy atom. The smallest absolute Gasteiger partial charge is 0.0789 e. The Kier molecular flexibility index (Phi) is 4.38. The van der Waals surface area contributed by atoms with Crippen LogP contribution >= 0.6 is 11.3 Å². The lowest BCUT2D eigenvalue weighted by Crippen LogP contribution is -2.31. The highest BCUT2D eigenvalue weighted by atomic mass is 32.1. The van der Waals surface area contributed by atoms with Crippen molar-refractivity contribution < 1.29 is 4.74 Å². The number of hydrogen-bond donors (Lipinski definition) is 2. The largest absolute Gasteiger partial charge is 0.383 e. The van der Waals surface area contributed by atoms with Crippen LogP contribution in [-0.2, 0) is 11.2 Å². The normalized spacial score (nSPS) is 13.2. The zero-order valence-corrected chi connectivity index (χ0v) is 8.86. The second kappa shape index (κ2) is 5.34. The van der Waals surface area contributed by atoms with E-state index in [9.17, 15) is 0 Å². The van der Waals surface area contributed by atoms with Crippen LogP contribution in [0.3, 0.4) is 0 Å². The maximum absolute atomic E-state index is 5.45. The Balaban J connectivity index is 2.77. The van der Waals surface area contributed by atoms with Gasteiger partial charge in [0, 0.05) is 12.0 Å². The molecular weight excluding hydrogens is 184 g/mol. The molecular formula is C9H16N2OS. The maximum atomic E-state index is 5.45. The fourth-order valence-electron chi connectivity index (χ4n) is 1.31. The zero-order valence-electron chi connectivity index (χ0n) is 8.04. The van der Waals surface area contributed by atoms with Gasteiger partial charge in [-0.2, -0.15) is 0 Å². The van der Waals surface area contributed by atoms with E-state index in [0.29, 0.717) is 6.61 Å². The van der Waals surface area contributed by atoms with Crippen LogP contribution in [0.4, 0.5) is 0 Å². The van der Waals surface area contributed by atoms with Gasteiger partial charge in [0.25, 0.3) is 0 Å². The van der Waals surface area contributed by atoms with E-state index in [-0.39, 0.29) is 6.04 Å². The van der Waals surface area contributed by atoms with Gasteiger partial charge in [0.15, 0.2) is 0 Å². The van der Waals surface area contributed by atoms with Crippen LogP contribution in [0.25, 0.3) is 0 Å². The first-order valence-electron chi connectivity index (χ1n) is 4.34. The lowest BCUT2D eigenvalue weighted by atomic mass is 10.1. The van der Waals surface area contributed by atoms with E-state index < -0.39 is 0 Å². The van der Waals surface area contributed by atoms with Gasteiger partial charge in [-0.25, -0.2) is 5.43 Å². The van der Waals surface area contributed by atoms with Crippen molar-refractivity contribution in [3.63, 3.8) is 0 Å². The van der Waals surface area contributed by atoms with Crippen LogP contribution in [0, 0.1) is 0 Å². The van der Waals surface area contributed by atoms with Gasteiger partial charge < -0.3 is 4.74 Å². The van der Waals surface area contributed by atoms with E-state index in [1.54, 1.807) is 18.4 Å². The number of rotatable bonds is 5. The van der Waals surface area contributed by atoms with Gasteiger partial charge in [-0.3, -0.25) is 5.84 Å². The highest BCUT2D eigenvalue weighted by Gasteiger charge is 2.13. The fourth-order valence-corrected chi connectivity index (χ4v) is 2.35. The zero-order chi connectivity index (χ0) is 9.68. The van der Waals surface area contributed by atoms with Crippen LogP contribution in [-0.4, -0.2) is 13.7 Å². The van der Waals surface area contributed by atoms with Crippen molar-refractivity contribution in [2.24, 2.45) is 5.84 Å². The molecule has 0 radical (unpaired) electrons. The molecule has 13 heavy (non-hydrogen) atoms. The summed E-state index contributed by atoms with van der Waals surface area (Å²) in [5.74, 6) is 5.45. The maximum Gasteiger partial charge on any atom is 0.0789 e. The molecule has 74 valence electrons. The Bertz CT molecular complexity index is 250. The molecule has 0 aliphatic heterocycles. The van der Waals surface area contributed by atoms with Crippen molar-refractivity contribution in [2.45, 2.75) is 19.4 Å². The molecule has 0 saturated heterocycles. The van der Waals surface area contributed by atoms with E-state index in [0.717, 1.165) is 6.42 Å². The highest BCUT2D eigenvalue weighted by molar-refractivity contribution is 7.10. The summed E-state index contributed by atoms with van der Waals surface area (Å²) in [4.78, 5) is 1.28. The van der Waals surface area contributed by atoms with Gasteiger partial charge in [0.1, 0.15) is 0 Å². The number of nitrogens with one attached hydrogen (secondary N) is 1. The average molecular weight is 200 g/mol. The van der Waals surface area contributed by atoms with Gasteiger partial charge in [-0.05, 0) is 23.4 Å². The topological polar surface area (TPSA) is 47.3 Å². The van der Waals surface area contributed by atoms with E-state index in [1.807, 2.05) is 0 Å². The van der Waals surface area contributed by atoms with Gasteiger partial charge in [0.05, 0.1) is 12.6 Å². The molecule has 0 aliphatic carbocycles. The third-order valence-electron chi connectivity index (χ3n) is 2.01. The molecule has 1 atom stereocenters. The molecule has 1 heterocycles. The molecule has 1 rings (SSSR count). The summed E-state index contributed by atoms with van der Waals surface area (Å²) in [6.07, 6.45) is 1.04.